The van der Waals surface area contributed by atoms with Crippen LogP contribution in [0.4, 0.5) is 11.6 Å². The molecule has 1 aliphatic rings. The Labute approximate surface area is 127 Å². The lowest BCUT2D eigenvalue weighted by Crippen LogP contribution is -2.48. The van der Waals surface area contributed by atoms with Gasteiger partial charge in [-0.15, -0.1) is 0 Å². The third kappa shape index (κ3) is 4.04. The summed E-state index contributed by atoms with van der Waals surface area (Å²) < 4.78 is 0. The SMILES string of the molecule is CC(C)c1c(N)ncnc1N1CCN(CCN(C)C)CC1. The molecule has 0 aliphatic carbocycles. The maximum Gasteiger partial charge on any atom is 0.137 e. The largest absolute Gasteiger partial charge is 0.383 e. The quantitative estimate of drug-likeness (QED) is 0.869. The zero-order valence-electron chi connectivity index (χ0n) is 13.7. The molecule has 1 aromatic rings. The van der Waals surface area contributed by atoms with Gasteiger partial charge in [0.05, 0.1) is 0 Å². The van der Waals surface area contributed by atoms with Gasteiger partial charge in [-0.25, -0.2) is 9.97 Å². The van der Waals surface area contributed by atoms with Gasteiger partial charge in [-0.3, -0.25) is 4.90 Å². The minimum absolute atomic E-state index is 0.341. The fourth-order valence-electron chi connectivity index (χ4n) is 2.73. The molecule has 0 saturated carbocycles. The molecule has 2 rings (SSSR count). The topological polar surface area (TPSA) is 61.5 Å². The molecule has 2 heterocycles. The molecule has 0 radical (unpaired) electrons. The smallest absolute Gasteiger partial charge is 0.137 e. The predicted octanol–water partition coefficient (Wildman–Crippen LogP) is 0.866. The predicted molar refractivity (Wildman–Crippen MR) is 87.7 cm³/mol. The second-order valence-electron chi connectivity index (χ2n) is 6.28. The number of hydrogen-bond donors (Lipinski definition) is 1. The molecule has 6 heteroatoms. The van der Waals surface area contributed by atoms with Crippen molar-refractivity contribution in [2.45, 2.75) is 19.8 Å². The van der Waals surface area contributed by atoms with Crippen LogP contribution in [-0.4, -0.2) is 73.1 Å². The number of nitrogens with zero attached hydrogens (tertiary/aromatic N) is 5. The molecule has 2 N–H and O–H groups in total. The van der Waals surface area contributed by atoms with Gasteiger partial charge in [-0.2, -0.15) is 0 Å². The zero-order chi connectivity index (χ0) is 15.4. The average molecular weight is 292 g/mol. The summed E-state index contributed by atoms with van der Waals surface area (Å²) in [6, 6.07) is 0. The molecule has 1 aromatic heterocycles. The monoisotopic (exact) mass is 292 g/mol. The molecule has 0 aromatic carbocycles. The van der Waals surface area contributed by atoms with E-state index in [0.717, 1.165) is 50.6 Å². The fraction of sp³-hybridized carbons (Fsp3) is 0.733. The van der Waals surface area contributed by atoms with Crippen molar-refractivity contribution in [2.75, 3.05) is 64.0 Å². The van der Waals surface area contributed by atoms with E-state index in [1.807, 2.05) is 0 Å². The van der Waals surface area contributed by atoms with E-state index in [-0.39, 0.29) is 0 Å². The number of nitrogen functional groups attached to an aromatic ring is 1. The lowest BCUT2D eigenvalue weighted by atomic mass is 10.0. The van der Waals surface area contributed by atoms with Gasteiger partial charge in [0.2, 0.25) is 0 Å². The van der Waals surface area contributed by atoms with Gasteiger partial charge in [0.15, 0.2) is 0 Å². The normalized spacial score (nSPS) is 17.0. The standard InChI is InChI=1S/C15H28N6/c1-12(2)13-14(16)17-11-18-15(13)21-9-7-20(8-10-21)6-5-19(3)4/h11-12H,5-10H2,1-4H3,(H2,16,17,18). The summed E-state index contributed by atoms with van der Waals surface area (Å²) in [6.07, 6.45) is 1.58. The molecular weight excluding hydrogens is 264 g/mol. The first kappa shape index (κ1) is 16.0. The molecule has 6 nitrogen and oxygen atoms in total. The molecule has 0 amide bonds. The summed E-state index contributed by atoms with van der Waals surface area (Å²) in [5, 5.41) is 0. The van der Waals surface area contributed by atoms with Crippen molar-refractivity contribution in [3.05, 3.63) is 11.9 Å². The van der Waals surface area contributed by atoms with Crippen molar-refractivity contribution < 1.29 is 0 Å². The average Bonchev–Trinajstić information content (AvgIpc) is 2.45. The van der Waals surface area contributed by atoms with E-state index in [4.69, 9.17) is 5.73 Å². The molecule has 1 fully saturated rings. The van der Waals surface area contributed by atoms with E-state index in [0.29, 0.717) is 11.7 Å². The summed E-state index contributed by atoms with van der Waals surface area (Å²) in [5.41, 5.74) is 7.13. The van der Waals surface area contributed by atoms with Crippen molar-refractivity contribution >= 4 is 11.6 Å². The van der Waals surface area contributed by atoms with E-state index in [2.05, 4.69) is 52.6 Å². The van der Waals surface area contributed by atoms with Crippen LogP contribution < -0.4 is 10.6 Å². The summed E-state index contributed by atoms with van der Waals surface area (Å²) in [6.45, 7) is 10.7. The first-order chi connectivity index (χ1) is 9.99. The molecule has 1 aliphatic heterocycles. The number of aromatic nitrogens is 2. The number of hydrogen-bond acceptors (Lipinski definition) is 6. The third-order valence-electron chi connectivity index (χ3n) is 4.01. The summed E-state index contributed by atoms with van der Waals surface area (Å²) in [4.78, 5) is 15.7. The maximum absolute atomic E-state index is 6.04. The number of piperazine rings is 1. The molecule has 0 bridgehead atoms. The summed E-state index contributed by atoms with van der Waals surface area (Å²) in [5.74, 6) is 1.97. The second kappa shape index (κ2) is 7.04. The van der Waals surface area contributed by atoms with Crippen molar-refractivity contribution in [2.24, 2.45) is 0 Å². The van der Waals surface area contributed by atoms with Crippen LogP contribution in [0.1, 0.15) is 25.3 Å². The lowest BCUT2D eigenvalue weighted by molar-refractivity contribution is 0.229. The maximum atomic E-state index is 6.04. The Morgan fingerprint density at radius 1 is 1.19 bits per heavy atom. The highest BCUT2D eigenvalue weighted by Gasteiger charge is 2.22. The first-order valence-electron chi connectivity index (χ1n) is 7.71. The van der Waals surface area contributed by atoms with Crippen LogP contribution in [0.15, 0.2) is 6.33 Å². The van der Waals surface area contributed by atoms with Crippen LogP contribution >= 0.6 is 0 Å². The first-order valence-corrected chi connectivity index (χ1v) is 7.71. The molecule has 0 unspecified atom stereocenters. The van der Waals surface area contributed by atoms with Crippen molar-refractivity contribution in [1.82, 2.24) is 19.8 Å². The molecule has 0 spiro atoms. The number of rotatable bonds is 5. The van der Waals surface area contributed by atoms with Gasteiger partial charge in [0.1, 0.15) is 18.0 Å². The minimum Gasteiger partial charge on any atom is -0.383 e. The number of nitrogens with two attached hydrogens (primary N) is 1. The van der Waals surface area contributed by atoms with Crippen molar-refractivity contribution in [3.63, 3.8) is 0 Å². The molecule has 1 saturated heterocycles. The Hall–Kier alpha value is -1.40. The third-order valence-corrected chi connectivity index (χ3v) is 4.01. The Morgan fingerprint density at radius 2 is 1.86 bits per heavy atom. The lowest BCUT2D eigenvalue weighted by Gasteiger charge is -2.37. The summed E-state index contributed by atoms with van der Waals surface area (Å²) in [7, 11) is 4.24. The van der Waals surface area contributed by atoms with Gasteiger partial charge < -0.3 is 15.5 Å². The minimum atomic E-state index is 0.341. The molecule has 21 heavy (non-hydrogen) atoms. The highest BCUT2D eigenvalue weighted by Crippen LogP contribution is 2.29. The van der Waals surface area contributed by atoms with Crippen LogP contribution in [0, 0.1) is 0 Å². The van der Waals surface area contributed by atoms with Crippen LogP contribution in [0.5, 0.6) is 0 Å². The Morgan fingerprint density at radius 3 is 2.43 bits per heavy atom. The molecular formula is C15H28N6. The number of anilines is 2. The van der Waals surface area contributed by atoms with E-state index in [9.17, 15) is 0 Å². The molecule has 0 atom stereocenters. The highest BCUT2D eigenvalue weighted by atomic mass is 15.3. The highest BCUT2D eigenvalue weighted by molar-refractivity contribution is 5.58. The van der Waals surface area contributed by atoms with Gasteiger partial charge in [-0.1, -0.05) is 13.8 Å². The van der Waals surface area contributed by atoms with Gasteiger partial charge >= 0.3 is 0 Å². The van der Waals surface area contributed by atoms with E-state index >= 15 is 0 Å². The van der Waals surface area contributed by atoms with Crippen molar-refractivity contribution in [1.29, 1.82) is 0 Å². The molecule has 118 valence electrons. The van der Waals surface area contributed by atoms with E-state index in [1.165, 1.54) is 0 Å². The van der Waals surface area contributed by atoms with Crippen LogP contribution in [-0.2, 0) is 0 Å². The number of likely N-dealkylation sites (N-methyl/N-ethyl adjacent to an activating group) is 1. The van der Waals surface area contributed by atoms with E-state index in [1.54, 1.807) is 6.33 Å². The van der Waals surface area contributed by atoms with Crippen LogP contribution in [0.2, 0.25) is 0 Å². The van der Waals surface area contributed by atoms with E-state index < -0.39 is 0 Å². The van der Waals surface area contributed by atoms with Crippen molar-refractivity contribution in [3.8, 4) is 0 Å². The van der Waals surface area contributed by atoms with Crippen LogP contribution in [0.25, 0.3) is 0 Å². The fourth-order valence-corrected chi connectivity index (χ4v) is 2.73. The van der Waals surface area contributed by atoms with Gasteiger partial charge in [0.25, 0.3) is 0 Å². The second-order valence-corrected chi connectivity index (χ2v) is 6.28. The van der Waals surface area contributed by atoms with Gasteiger partial charge in [-0.05, 0) is 20.0 Å². The zero-order valence-corrected chi connectivity index (χ0v) is 13.7. The Bertz CT molecular complexity index is 451. The Balaban J connectivity index is 2.01. The Kier molecular flexibility index (Phi) is 5.36. The van der Waals surface area contributed by atoms with Crippen LogP contribution in [0.3, 0.4) is 0 Å². The summed E-state index contributed by atoms with van der Waals surface area (Å²) >= 11 is 0. The van der Waals surface area contributed by atoms with Gasteiger partial charge in [0, 0.05) is 44.8 Å².